The molecule has 0 aromatic heterocycles. The van der Waals surface area contributed by atoms with Crippen molar-refractivity contribution in [2.75, 3.05) is 12.4 Å². The molecule has 1 aromatic rings. The molecule has 0 spiro atoms. The van der Waals surface area contributed by atoms with Crippen LogP contribution in [0.1, 0.15) is 25.5 Å². The van der Waals surface area contributed by atoms with E-state index < -0.39 is 18.1 Å². The fourth-order valence-electron chi connectivity index (χ4n) is 2.14. The average molecular weight is 307 g/mol. The molecule has 0 saturated carbocycles. The summed E-state index contributed by atoms with van der Waals surface area (Å²) in [5.41, 5.74) is 0.864. The Bertz CT molecular complexity index is 546. The van der Waals surface area contributed by atoms with Crippen LogP contribution in [0, 0.1) is 5.92 Å². The molecule has 1 aliphatic heterocycles. The Balaban J connectivity index is 2.13. The Hall–Kier alpha value is -1.82. The van der Waals surface area contributed by atoms with Gasteiger partial charge in [0.1, 0.15) is 12.6 Å². The Labute approximate surface area is 127 Å². The van der Waals surface area contributed by atoms with Crippen LogP contribution in [-0.4, -0.2) is 34.4 Å². The maximum atomic E-state index is 12.5. The third-order valence-corrected chi connectivity index (χ3v) is 4.33. The van der Waals surface area contributed by atoms with E-state index in [9.17, 15) is 14.4 Å². The van der Waals surface area contributed by atoms with Gasteiger partial charge in [0.05, 0.1) is 0 Å². The summed E-state index contributed by atoms with van der Waals surface area (Å²) >= 11 is 1.09. The highest BCUT2D eigenvalue weighted by Gasteiger charge is 2.40. The zero-order valence-corrected chi connectivity index (χ0v) is 12.8. The fraction of sp³-hybridized carbons (Fsp3) is 0.400. The SMILES string of the molecule is CC(=O)SC[C@@H](C)C(=O)N1C(=O)OC[C@@H]1c1ccccc1. The van der Waals surface area contributed by atoms with Crippen LogP contribution in [0.3, 0.4) is 0 Å². The quantitative estimate of drug-likeness (QED) is 0.855. The van der Waals surface area contributed by atoms with Crippen molar-refractivity contribution in [1.82, 2.24) is 4.90 Å². The minimum atomic E-state index is -0.617. The van der Waals surface area contributed by atoms with Crippen LogP contribution < -0.4 is 0 Å². The van der Waals surface area contributed by atoms with Crippen LogP contribution in [0.2, 0.25) is 0 Å². The highest BCUT2D eigenvalue weighted by molar-refractivity contribution is 8.13. The van der Waals surface area contributed by atoms with E-state index in [-0.39, 0.29) is 17.6 Å². The van der Waals surface area contributed by atoms with Gasteiger partial charge in [0.2, 0.25) is 5.91 Å². The smallest absolute Gasteiger partial charge is 0.417 e. The standard InChI is InChI=1S/C15H17NO4S/c1-10(9-21-11(2)17)14(18)16-13(8-20-15(16)19)12-6-4-3-5-7-12/h3-7,10,13H,8-9H2,1-2H3/t10-,13-/m1/s1. The second-order valence-electron chi connectivity index (χ2n) is 4.92. The number of benzene rings is 1. The second-order valence-corrected chi connectivity index (χ2v) is 6.11. The second kappa shape index (κ2) is 6.76. The molecule has 1 heterocycles. The molecular formula is C15H17NO4S. The maximum absolute atomic E-state index is 12.5. The fourth-order valence-corrected chi connectivity index (χ4v) is 2.76. The first-order chi connectivity index (χ1) is 10.0. The van der Waals surface area contributed by atoms with E-state index >= 15 is 0 Å². The number of hydrogen-bond acceptors (Lipinski definition) is 5. The number of ether oxygens (including phenoxy) is 1. The Morgan fingerprint density at radius 2 is 2.05 bits per heavy atom. The predicted molar refractivity (Wildman–Crippen MR) is 79.7 cm³/mol. The number of carbonyl (C=O) groups excluding carboxylic acids is 3. The molecule has 2 amide bonds. The number of amides is 2. The average Bonchev–Trinajstić information content (AvgIpc) is 2.86. The van der Waals surface area contributed by atoms with Crippen molar-refractivity contribution >= 4 is 28.9 Å². The molecular weight excluding hydrogens is 290 g/mol. The van der Waals surface area contributed by atoms with E-state index in [4.69, 9.17) is 4.74 Å². The summed E-state index contributed by atoms with van der Waals surface area (Å²) < 4.78 is 5.02. The minimum absolute atomic E-state index is 0.0433. The summed E-state index contributed by atoms with van der Waals surface area (Å²) in [5.74, 6) is -0.365. The number of nitrogens with zero attached hydrogens (tertiary/aromatic N) is 1. The third kappa shape index (κ3) is 3.64. The third-order valence-electron chi connectivity index (χ3n) is 3.25. The van der Waals surface area contributed by atoms with E-state index in [2.05, 4.69) is 0 Å². The van der Waals surface area contributed by atoms with E-state index in [0.717, 1.165) is 17.3 Å². The Kier molecular flexibility index (Phi) is 5.01. The van der Waals surface area contributed by atoms with Crippen LogP contribution in [-0.2, 0) is 14.3 Å². The van der Waals surface area contributed by atoms with E-state index in [1.54, 1.807) is 6.92 Å². The number of hydrogen-bond donors (Lipinski definition) is 0. The van der Waals surface area contributed by atoms with E-state index in [1.807, 2.05) is 30.3 Å². The summed E-state index contributed by atoms with van der Waals surface area (Å²) in [6, 6.07) is 8.92. The molecule has 0 bridgehead atoms. The predicted octanol–water partition coefficient (Wildman–Crippen LogP) is 2.62. The number of thioether (sulfide) groups is 1. The van der Waals surface area contributed by atoms with Gasteiger partial charge < -0.3 is 4.74 Å². The van der Waals surface area contributed by atoms with Gasteiger partial charge in [-0.1, -0.05) is 49.0 Å². The van der Waals surface area contributed by atoms with Gasteiger partial charge in [-0.2, -0.15) is 0 Å². The highest BCUT2D eigenvalue weighted by Crippen LogP contribution is 2.29. The van der Waals surface area contributed by atoms with Crippen LogP contribution in [0.25, 0.3) is 0 Å². The number of cyclic esters (lactones) is 1. The van der Waals surface area contributed by atoms with Gasteiger partial charge in [-0.25, -0.2) is 9.69 Å². The molecule has 1 aliphatic rings. The van der Waals surface area contributed by atoms with Crippen molar-refractivity contribution in [3.63, 3.8) is 0 Å². The number of rotatable bonds is 4. The monoisotopic (exact) mass is 307 g/mol. The lowest BCUT2D eigenvalue weighted by molar-refractivity contribution is -0.132. The first kappa shape index (κ1) is 15.6. The lowest BCUT2D eigenvalue weighted by atomic mass is 10.1. The van der Waals surface area contributed by atoms with Gasteiger partial charge in [-0.3, -0.25) is 9.59 Å². The lowest BCUT2D eigenvalue weighted by Gasteiger charge is -2.22. The molecule has 21 heavy (non-hydrogen) atoms. The van der Waals surface area contributed by atoms with E-state index in [0.29, 0.717) is 5.75 Å². The molecule has 112 valence electrons. The molecule has 1 saturated heterocycles. The zero-order chi connectivity index (χ0) is 15.4. The molecule has 0 unspecified atom stereocenters. The molecule has 0 aliphatic carbocycles. The van der Waals surface area contributed by atoms with Gasteiger partial charge in [0.15, 0.2) is 5.12 Å². The maximum Gasteiger partial charge on any atom is 0.417 e. The molecule has 1 fully saturated rings. The zero-order valence-electron chi connectivity index (χ0n) is 11.9. The van der Waals surface area contributed by atoms with Crippen molar-refractivity contribution in [2.24, 2.45) is 5.92 Å². The summed E-state index contributed by atoms with van der Waals surface area (Å²) in [7, 11) is 0. The summed E-state index contributed by atoms with van der Waals surface area (Å²) in [4.78, 5) is 36.5. The van der Waals surface area contributed by atoms with Crippen molar-refractivity contribution in [3.8, 4) is 0 Å². The van der Waals surface area contributed by atoms with Crippen molar-refractivity contribution in [1.29, 1.82) is 0 Å². The number of carbonyl (C=O) groups is 3. The van der Waals surface area contributed by atoms with Crippen LogP contribution in [0.15, 0.2) is 30.3 Å². The largest absolute Gasteiger partial charge is 0.446 e. The number of imide groups is 1. The topological polar surface area (TPSA) is 63.7 Å². The van der Waals surface area contributed by atoms with Gasteiger partial charge in [0.25, 0.3) is 0 Å². The van der Waals surface area contributed by atoms with Crippen molar-refractivity contribution in [3.05, 3.63) is 35.9 Å². The first-order valence-corrected chi connectivity index (χ1v) is 7.67. The molecule has 0 N–H and O–H groups in total. The van der Waals surface area contributed by atoms with Gasteiger partial charge in [-0.15, -0.1) is 0 Å². The van der Waals surface area contributed by atoms with E-state index in [1.165, 1.54) is 11.8 Å². The molecule has 6 heteroatoms. The van der Waals surface area contributed by atoms with Gasteiger partial charge >= 0.3 is 6.09 Å². The molecule has 2 rings (SSSR count). The first-order valence-electron chi connectivity index (χ1n) is 6.69. The lowest BCUT2D eigenvalue weighted by Crippen LogP contribution is -2.38. The van der Waals surface area contributed by atoms with Crippen molar-refractivity contribution < 1.29 is 19.1 Å². The van der Waals surface area contributed by atoms with Gasteiger partial charge in [0, 0.05) is 18.6 Å². The van der Waals surface area contributed by atoms with Crippen LogP contribution in [0.4, 0.5) is 4.79 Å². The summed E-state index contributed by atoms with van der Waals surface area (Å²) in [6.45, 7) is 3.34. The molecule has 0 radical (unpaired) electrons. The Morgan fingerprint density at radius 1 is 1.38 bits per heavy atom. The highest BCUT2D eigenvalue weighted by atomic mass is 32.2. The molecule has 1 aromatic carbocycles. The molecule has 2 atom stereocenters. The van der Waals surface area contributed by atoms with Gasteiger partial charge in [-0.05, 0) is 5.56 Å². The summed E-state index contributed by atoms with van der Waals surface area (Å²) in [5, 5.41) is -0.0433. The normalized spacial score (nSPS) is 19.2. The van der Waals surface area contributed by atoms with Crippen LogP contribution >= 0.6 is 11.8 Å². The molecule has 5 nitrogen and oxygen atoms in total. The minimum Gasteiger partial charge on any atom is -0.446 e. The van der Waals surface area contributed by atoms with Crippen LogP contribution in [0.5, 0.6) is 0 Å². The summed E-state index contributed by atoms with van der Waals surface area (Å²) in [6.07, 6.45) is -0.617. The Morgan fingerprint density at radius 3 is 2.67 bits per heavy atom. The van der Waals surface area contributed by atoms with Crippen molar-refractivity contribution in [2.45, 2.75) is 19.9 Å².